The number of rotatable bonds is 7. The first-order valence-corrected chi connectivity index (χ1v) is 12.8. The zero-order chi connectivity index (χ0) is 22.7. The number of carbonyl (C=O) groups is 1. The van der Waals surface area contributed by atoms with Crippen molar-refractivity contribution in [3.8, 4) is 5.75 Å². The van der Waals surface area contributed by atoms with Crippen LogP contribution in [0.5, 0.6) is 5.75 Å². The third kappa shape index (κ3) is 4.76. The van der Waals surface area contributed by atoms with E-state index in [1.165, 1.54) is 32.9 Å². The molecule has 3 heterocycles. The van der Waals surface area contributed by atoms with E-state index in [1.54, 1.807) is 18.4 Å². The largest absolute Gasteiger partial charge is 0.497 e. The van der Waals surface area contributed by atoms with Gasteiger partial charge in [0.25, 0.3) is 5.91 Å². The maximum atomic E-state index is 12.9. The van der Waals surface area contributed by atoms with Crippen LogP contribution < -0.4 is 10.1 Å². The number of anilines is 1. The van der Waals surface area contributed by atoms with Crippen molar-refractivity contribution in [2.75, 3.05) is 45.2 Å². The molecule has 0 unspecified atom stereocenters. The zero-order valence-electron chi connectivity index (χ0n) is 19.2. The number of nitrogens with one attached hydrogen (secondary N) is 1. The third-order valence-electron chi connectivity index (χ3n) is 6.31. The number of piperazine rings is 1. The highest BCUT2D eigenvalue weighted by atomic mass is 32.1. The molecule has 1 aliphatic rings. The zero-order valence-corrected chi connectivity index (χ0v) is 20.8. The predicted molar refractivity (Wildman–Crippen MR) is 135 cm³/mol. The molecule has 0 radical (unpaired) electrons. The molecule has 5 nitrogen and oxygen atoms in total. The molecule has 1 atom stereocenters. The van der Waals surface area contributed by atoms with Crippen LogP contribution in [0.15, 0.2) is 41.8 Å². The van der Waals surface area contributed by atoms with Crippen molar-refractivity contribution in [2.45, 2.75) is 26.8 Å². The molecule has 0 aliphatic carbocycles. The lowest BCUT2D eigenvalue weighted by molar-refractivity contribution is 0.102. The molecule has 0 bridgehead atoms. The molecule has 32 heavy (non-hydrogen) atoms. The molecule has 0 spiro atoms. The highest BCUT2D eigenvalue weighted by Crippen LogP contribution is 2.43. The maximum absolute atomic E-state index is 12.9. The van der Waals surface area contributed by atoms with E-state index in [2.05, 4.69) is 54.1 Å². The quantitative estimate of drug-likeness (QED) is 0.502. The lowest BCUT2D eigenvalue weighted by Crippen LogP contribution is -2.47. The summed E-state index contributed by atoms with van der Waals surface area (Å²) in [4.78, 5) is 19.9. The average molecular weight is 470 g/mol. The fourth-order valence-electron chi connectivity index (χ4n) is 4.35. The Balaban J connectivity index is 1.76. The maximum Gasteiger partial charge on any atom is 0.266 e. The molecule has 4 rings (SSSR count). The monoisotopic (exact) mass is 469 g/mol. The van der Waals surface area contributed by atoms with Crippen LogP contribution in [0.1, 0.15) is 44.2 Å². The molecule has 7 heteroatoms. The van der Waals surface area contributed by atoms with E-state index in [4.69, 9.17) is 4.74 Å². The van der Waals surface area contributed by atoms with Crippen LogP contribution in [0.2, 0.25) is 0 Å². The molecule has 3 aromatic rings. The van der Waals surface area contributed by atoms with E-state index < -0.39 is 0 Å². The topological polar surface area (TPSA) is 44.8 Å². The number of methoxy groups -OCH3 is 1. The fraction of sp³-hybridized carbons (Fsp3) is 0.400. The molecular weight excluding hydrogens is 438 g/mol. The molecule has 1 fully saturated rings. The van der Waals surface area contributed by atoms with Crippen molar-refractivity contribution in [3.05, 3.63) is 68.2 Å². The van der Waals surface area contributed by atoms with Gasteiger partial charge in [-0.2, -0.15) is 0 Å². The number of hydrogen-bond acceptors (Lipinski definition) is 6. The van der Waals surface area contributed by atoms with Gasteiger partial charge in [-0.05, 0) is 55.1 Å². The van der Waals surface area contributed by atoms with Crippen molar-refractivity contribution >= 4 is 33.6 Å². The van der Waals surface area contributed by atoms with Gasteiger partial charge >= 0.3 is 0 Å². The Kier molecular flexibility index (Phi) is 7.30. The molecule has 1 saturated heterocycles. The lowest BCUT2D eigenvalue weighted by Gasteiger charge is -2.39. The van der Waals surface area contributed by atoms with Crippen LogP contribution in [0.3, 0.4) is 0 Å². The number of benzene rings is 1. The van der Waals surface area contributed by atoms with Crippen LogP contribution in [0.4, 0.5) is 5.00 Å². The van der Waals surface area contributed by atoms with Gasteiger partial charge < -0.3 is 15.0 Å². The Bertz CT molecular complexity index is 1050. The lowest BCUT2D eigenvalue weighted by atomic mass is 9.94. The smallest absolute Gasteiger partial charge is 0.266 e. The highest BCUT2D eigenvalue weighted by Gasteiger charge is 2.31. The summed E-state index contributed by atoms with van der Waals surface area (Å²) in [7, 11) is 1.71. The summed E-state index contributed by atoms with van der Waals surface area (Å²) >= 11 is 3.14. The summed E-state index contributed by atoms with van der Waals surface area (Å²) in [6.45, 7) is 11.7. The number of likely N-dealkylation sites (N-methyl/N-ethyl adjacent to an activating group) is 1. The molecule has 1 aromatic carbocycles. The number of amides is 1. The molecule has 0 saturated carbocycles. The predicted octanol–water partition coefficient (Wildman–Crippen LogP) is 5.41. The van der Waals surface area contributed by atoms with Gasteiger partial charge in [-0.1, -0.05) is 25.1 Å². The normalized spacial score (nSPS) is 16.1. The van der Waals surface area contributed by atoms with E-state index in [-0.39, 0.29) is 11.9 Å². The van der Waals surface area contributed by atoms with Gasteiger partial charge in [0.05, 0.1) is 18.0 Å². The van der Waals surface area contributed by atoms with Gasteiger partial charge in [0, 0.05) is 36.6 Å². The Morgan fingerprint density at radius 2 is 1.94 bits per heavy atom. The van der Waals surface area contributed by atoms with Crippen molar-refractivity contribution in [3.63, 3.8) is 0 Å². The van der Waals surface area contributed by atoms with E-state index in [1.807, 2.05) is 23.6 Å². The number of ether oxygens (including phenoxy) is 1. The fourth-order valence-corrected chi connectivity index (χ4v) is 6.06. The highest BCUT2D eigenvalue weighted by molar-refractivity contribution is 7.17. The molecule has 1 N–H and O–H groups in total. The number of thiophene rings is 2. The number of aryl methyl sites for hydroxylation is 1. The van der Waals surface area contributed by atoms with E-state index in [0.717, 1.165) is 48.4 Å². The summed E-state index contributed by atoms with van der Waals surface area (Å²) in [6.07, 6.45) is 0. The van der Waals surface area contributed by atoms with Crippen LogP contribution in [0.25, 0.3) is 0 Å². The minimum absolute atomic E-state index is 0.0392. The van der Waals surface area contributed by atoms with Gasteiger partial charge in [0.1, 0.15) is 10.8 Å². The first-order chi connectivity index (χ1) is 15.5. The second-order valence-corrected chi connectivity index (χ2v) is 10.3. The van der Waals surface area contributed by atoms with E-state index in [9.17, 15) is 4.79 Å². The molecule has 1 aliphatic heterocycles. The summed E-state index contributed by atoms with van der Waals surface area (Å²) in [5, 5.41) is 6.12. The van der Waals surface area contributed by atoms with Crippen LogP contribution in [-0.2, 0) is 0 Å². The van der Waals surface area contributed by atoms with E-state index >= 15 is 0 Å². The van der Waals surface area contributed by atoms with Crippen LogP contribution >= 0.6 is 22.7 Å². The minimum Gasteiger partial charge on any atom is -0.497 e. The number of hydrogen-bond donors (Lipinski definition) is 1. The minimum atomic E-state index is -0.0392. The molecule has 2 aromatic heterocycles. The van der Waals surface area contributed by atoms with E-state index in [0.29, 0.717) is 0 Å². The number of nitrogens with zero attached hydrogens (tertiary/aromatic N) is 2. The SMILES string of the molecule is CCN1CCN([C@H](c2cccc(OC)c2)c2c(NC(=O)c3cccs3)sc(C)c2C)CC1. The van der Waals surface area contributed by atoms with Gasteiger partial charge in [-0.3, -0.25) is 9.69 Å². The van der Waals surface area contributed by atoms with Gasteiger partial charge in [-0.15, -0.1) is 22.7 Å². The summed E-state index contributed by atoms with van der Waals surface area (Å²) < 4.78 is 5.55. The van der Waals surface area contributed by atoms with Crippen molar-refractivity contribution < 1.29 is 9.53 Å². The first kappa shape index (κ1) is 23.0. The molecule has 170 valence electrons. The van der Waals surface area contributed by atoms with Crippen LogP contribution in [-0.4, -0.2) is 55.5 Å². The standard InChI is InChI=1S/C25H31N3O2S2/c1-5-27-11-13-28(14-12-27)23(19-8-6-9-20(16-19)30-4)22-17(2)18(3)32-25(22)26-24(29)21-10-7-15-31-21/h6-10,15-16,23H,5,11-14H2,1-4H3,(H,26,29)/t23-/m1/s1. The van der Waals surface area contributed by atoms with Gasteiger partial charge in [0.15, 0.2) is 0 Å². The van der Waals surface area contributed by atoms with Gasteiger partial charge in [0.2, 0.25) is 0 Å². The average Bonchev–Trinajstić information content (AvgIpc) is 3.45. The summed E-state index contributed by atoms with van der Waals surface area (Å²) in [5.74, 6) is 0.816. The van der Waals surface area contributed by atoms with Crippen LogP contribution in [0, 0.1) is 13.8 Å². The first-order valence-electron chi connectivity index (χ1n) is 11.1. The Morgan fingerprint density at radius 1 is 1.16 bits per heavy atom. The number of carbonyl (C=O) groups excluding carboxylic acids is 1. The van der Waals surface area contributed by atoms with Gasteiger partial charge in [-0.25, -0.2) is 0 Å². The van der Waals surface area contributed by atoms with Crippen molar-refractivity contribution in [2.24, 2.45) is 0 Å². The van der Waals surface area contributed by atoms with Crippen molar-refractivity contribution in [1.29, 1.82) is 0 Å². The Labute approximate surface area is 198 Å². The second-order valence-electron chi connectivity index (χ2n) is 8.11. The third-order valence-corrected chi connectivity index (χ3v) is 8.31. The Hall–Kier alpha value is -2.19. The summed E-state index contributed by atoms with van der Waals surface area (Å²) in [5.41, 5.74) is 3.65. The summed E-state index contributed by atoms with van der Waals surface area (Å²) in [6, 6.07) is 12.2. The molecule has 1 amide bonds. The molecular formula is C25H31N3O2S2. The Morgan fingerprint density at radius 3 is 2.59 bits per heavy atom. The second kappa shape index (κ2) is 10.2. The van der Waals surface area contributed by atoms with Crippen molar-refractivity contribution in [1.82, 2.24) is 9.80 Å².